The van der Waals surface area contributed by atoms with Crippen molar-refractivity contribution in [2.75, 3.05) is 4.90 Å². The molecule has 0 fully saturated rings. The number of esters is 1. The van der Waals surface area contributed by atoms with Crippen LogP contribution in [-0.2, 0) is 27.4 Å². The van der Waals surface area contributed by atoms with Gasteiger partial charge in [0.2, 0.25) is 5.91 Å². The Bertz CT molecular complexity index is 1330. The van der Waals surface area contributed by atoms with Gasteiger partial charge in [0.25, 0.3) is 0 Å². The average molecular weight is 496 g/mol. The maximum absolute atomic E-state index is 14.2. The normalized spacial score (nSPS) is 10.8. The summed E-state index contributed by atoms with van der Waals surface area (Å²) >= 11 is 2.65. The van der Waals surface area contributed by atoms with Gasteiger partial charge in [-0.05, 0) is 26.0 Å². The van der Waals surface area contributed by atoms with E-state index in [2.05, 4.69) is 9.97 Å². The molecule has 2 aromatic carbocycles. The van der Waals surface area contributed by atoms with Crippen molar-refractivity contribution in [1.29, 1.82) is 0 Å². The number of aromatic nitrogens is 2. The fraction of sp³-hybridized carbons (Fsp3) is 0.200. The highest BCUT2D eigenvalue weighted by molar-refractivity contribution is 7.14. The van der Waals surface area contributed by atoms with Crippen LogP contribution in [0.15, 0.2) is 53.9 Å². The average Bonchev–Trinajstić information content (AvgIpc) is 3.40. The van der Waals surface area contributed by atoms with Crippen LogP contribution in [0.5, 0.6) is 0 Å². The lowest BCUT2D eigenvalue weighted by Gasteiger charge is -2.18. The maximum atomic E-state index is 14.2. The monoisotopic (exact) mass is 495 g/mol. The first-order chi connectivity index (χ1) is 16.3. The zero-order valence-electron chi connectivity index (χ0n) is 18.9. The van der Waals surface area contributed by atoms with Crippen molar-refractivity contribution in [3.05, 3.63) is 80.9 Å². The van der Waals surface area contributed by atoms with Crippen molar-refractivity contribution in [3.63, 3.8) is 0 Å². The number of thiazole rings is 2. The lowest BCUT2D eigenvalue weighted by atomic mass is 10.1. The Morgan fingerprint density at radius 3 is 2.50 bits per heavy atom. The highest BCUT2D eigenvalue weighted by atomic mass is 32.1. The van der Waals surface area contributed by atoms with E-state index in [1.54, 1.807) is 17.5 Å². The lowest BCUT2D eigenvalue weighted by molar-refractivity contribution is -0.144. The van der Waals surface area contributed by atoms with Crippen LogP contribution in [0.3, 0.4) is 0 Å². The molecule has 0 saturated heterocycles. The van der Waals surface area contributed by atoms with Crippen LogP contribution in [-0.4, -0.2) is 21.8 Å². The molecular weight excluding hydrogens is 473 g/mol. The summed E-state index contributed by atoms with van der Waals surface area (Å²) < 4.78 is 19.7. The van der Waals surface area contributed by atoms with E-state index in [0.29, 0.717) is 10.8 Å². The van der Waals surface area contributed by atoms with Gasteiger partial charge in [-0.15, -0.1) is 22.7 Å². The number of carbonyl (C=O) groups excluding carboxylic acids is 2. The number of para-hydroxylation sites is 1. The quantitative estimate of drug-likeness (QED) is 0.294. The van der Waals surface area contributed by atoms with Crippen LogP contribution in [0.1, 0.15) is 28.1 Å². The van der Waals surface area contributed by atoms with Gasteiger partial charge in [0.1, 0.15) is 12.4 Å². The standard InChI is InChI=1S/C25H22FN3O3S2/c1-15-8-10-18(11-9-15)24-22(34-16(2)27-24)12-23(31)32-13-19-14-33-25(28-19)29(17(3)30)21-7-5-4-6-20(21)26/h4-11,14H,12-13H2,1-3H3. The fourth-order valence-corrected chi connectivity index (χ4v) is 5.18. The molecule has 0 saturated carbocycles. The number of benzene rings is 2. The van der Waals surface area contributed by atoms with Gasteiger partial charge in [0.05, 0.1) is 28.5 Å². The minimum atomic E-state index is -0.523. The molecule has 0 spiro atoms. The van der Waals surface area contributed by atoms with Gasteiger partial charge in [-0.25, -0.2) is 14.4 Å². The van der Waals surface area contributed by atoms with Crippen molar-refractivity contribution in [3.8, 4) is 11.3 Å². The molecule has 0 radical (unpaired) electrons. The molecule has 4 aromatic rings. The molecule has 4 rings (SSSR count). The molecule has 6 nitrogen and oxygen atoms in total. The molecule has 1 amide bonds. The van der Waals surface area contributed by atoms with E-state index in [4.69, 9.17) is 4.74 Å². The Balaban J connectivity index is 1.44. The number of aryl methyl sites for hydroxylation is 2. The van der Waals surface area contributed by atoms with Gasteiger partial charge in [-0.2, -0.15) is 0 Å². The number of ether oxygens (including phenoxy) is 1. The van der Waals surface area contributed by atoms with Gasteiger partial charge in [0.15, 0.2) is 5.13 Å². The highest BCUT2D eigenvalue weighted by Gasteiger charge is 2.21. The molecule has 0 aliphatic rings. The summed E-state index contributed by atoms with van der Waals surface area (Å²) in [6.07, 6.45) is 0.0977. The van der Waals surface area contributed by atoms with Gasteiger partial charge < -0.3 is 4.74 Å². The topological polar surface area (TPSA) is 72.4 Å². The first-order valence-electron chi connectivity index (χ1n) is 10.5. The number of nitrogens with zero attached hydrogens (tertiary/aromatic N) is 3. The molecule has 0 bridgehead atoms. The van der Waals surface area contributed by atoms with Crippen LogP contribution in [0.4, 0.5) is 15.2 Å². The Kier molecular flexibility index (Phi) is 7.14. The second-order valence-electron chi connectivity index (χ2n) is 7.64. The van der Waals surface area contributed by atoms with E-state index in [1.165, 1.54) is 46.6 Å². The zero-order valence-corrected chi connectivity index (χ0v) is 20.5. The fourth-order valence-electron chi connectivity index (χ4n) is 3.37. The van der Waals surface area contributed by atoms with E-state index in [9.17, 15) is 14.0 Å². The van der Waals surface area contributed by atoms with E-state index in [-0.39, 0.29) is 24.6 Å². The number of hydrogen-bond acceptors (Lipinski definition) is 7. The maximum Gasteiger partial charge on any atom is 0.311 e. The largest absolute Gasteiger partial charge is 0.459 e. The summed E-state index contributed by atoms with van der Waals surface area (Å²) in [5.74, 6) is -1.29. The second kappa shape index (κ2) is 10.2. The van der Waals surface area contributed by atoms with Crippen LogP contribution < -0.4 is 4.90 Å². The molecule has 0 aliphatic carbocycles. The molecule has 2 aromatic heterocycles. The van der Waals surface area contributed by atoms with Crippen LogP contribution in [0.25, 0.3) is 11.3 Å². The van der Waals surface area contributed by atoms with Gasteiger partial charge >= 0.3 is 5.97 Å². The van der Waals surface area contributed by atoms with E-state index in [0.717, 1.165) is 26.7 Å². The Morgan fingerprint density at radius 2 is 1.79 bits per heavy atom. The molecule has 34 heavy (non-hydrogen) atoms. The van der Waals surface area contributed by atoms with Crippen molar-refractivity contribution < 1.29 is 18.7 Å². The zero-order chi connectivity index (χ0) is 24.2. The first kappa shape index (κ1) is 23.7. The number of hydrogen-bond donors (Lipinski definition) is 0. The third-order valence-corrected chi connectivity index (χ3v) is 6.80. The molecule has 0 aliphatic heterocycles. The smallest absolute Gasteiger partial charge is 0.311 e. The molecule has 0 atom stereocenters. The predicted octanol–water partition coefficient (Wildman–Crippen LogP) is 5.99. The molecule has 0 N–H and O–H groups in total. The van der Waals surface area contributed by atoms with Crippen LogP contribution in [0.2, 0.25) is 0 Å². The molecule has 0 unspecified atom stereocenters. The summed E-state index contributed by atoms with van der Waals surface area (Å²) in [5.41, 5.74) is 3.50. The minimum Gasteiger partial charge on any atom is -0.459 e. The highest BCUT2D eigenvalue weighted by Crippen LogP contribution is 2.31. The molecular formula is C25H22FN3O3S2. The first-order valence-corrected chi connectivity index (χ1v) is 12.2. The van der Waals surface area contributed by atoms with Crippen molar-refractivity contribution in [1.82, 2.24) is 9.97 Å². The van der Waals surface area contributed by atoms with E-state index >= 15 is 0 Å². The number of halogens is 1. The third-order valence-electron chi connectivity index (χ3n) is 4.95. The Labute approximate surface area is 204 Å². The summed E-state index contributed by atoms with van der Waals surface area (Å²) in [6, 6.07) is 14.0. The molecule has 9 heteroatoms. The molecule has 174 valence electrons. The number of rotatable bonds is 7. The summed E-state index contributed by atoms with van der Waals surface area (Å²) in [4.78, 5) is 35.8. The second-order valence-corrected chi connectivity index (χ2v) is 9.76. The Hall–Kier alpha value is -3.43. The van der Waals surface area contributed by atoms with Gasteiger partial charge in [-0.1, -0.05) is 42.0 Å². The summed E-state index contributed by atoms with van der Waals surface area (Å²) in [6.45, 7) is 5.22. The minimum absolute atomic E-state index is 0.0456. The van der Waals surface area contributed by atoms with E-state index in [1.807, 2.05) is 38.1 Å². The van der Waals surface area contributed by atoms with Gasteiger partial charge in [0, 0.05) is 22.7 Å². The van der Waals surface area contributed by atoms with Crippen LogP contribution >= 0.6 is 22.7 Å². The van der Waals surface area contributed by atoms with Crippen LogP contribution in [0, 0.1) is 19.7 Å². The van der Waals surface area contributed by atoms with Gasteiger partial charge in [-0.3, -0.25) is 14.5 Å². The summed E-state index contributed by atoms with van der Waals surface area (Å²) in [7, 11) is 0. The van der Waals surface area contributed by atoms with Crippen molar-refractivity contribution in [2.24, 2.45) is 0 Å². The summed E-state index contributed by atoms with van der Waals surface area (Å²) in [5, 5.41) is 2.87. The van der Waals surface area contributed by atoms with Crippen molar-refractivity contribution in [2.45, 2.75) is 33.8 Å². The Morgan fingerprint density at radius 1 is 1.06 bits per heavy atom. The van der Waals surface area contributed by atoms with E-state index < -0.39 is 11.8 Å². The number of carbonyl (C=O) groups is 2. The number of anilines is 2. The third kappa shape index (κ3) is 5.37. The SMILES string of the molecule is CC(=O)N(c1nc(COC(=O)Cc2sc(C)nc2-c2ccc(C)cc2)cs1)c1ccccc1F. The predicted molar refractivity (Wildman–Crippen MR) is 132 cm³/mol. The lowest BCUT2D eigenvalue weighted by Crippen LogP contribution is -2.23. The molecule has 2 heterocycles. The number of amides is 1. The van der Waals surface area contributed by atoms with Crippen molar-refractivity contribution >= 4 is 45.4 Å².